The van der Waals surface area contributed by atoms with Gasteiger partial charge < -0.3 is 10.1 Å². The quantitative estimate of drug-likeness (QED) is 0.869. The van der Waals surface area contributed by atoms with Crippen LogP contribution in [-0.4, -0.2) is 16.1 Å². The first-order valence-corrected chi connectivity index (χ1v) is 6.44. The Kier molecular flexibility index (Phi) is 3.47. The number of aryl methyl sites for hydroxylation is 2. The molecule has 1 aromatic heterocycles. The van der Waals surface area contributed by atoms with E-state index in [0.29, 0.717) is 5.56 Å². The standard InChI is InChI=1S/C16H19NO2/c1-9(2)15-13(16(18)19)8-14(17-15)12-7-10(3)5-6-11(12)4/h5-9,17H,1-4H3,(H,18,19). The Morgan fingerprint density at radius 1 is 1.21 bits per heavy atom. The number of aromatic amines is 1. The van der Waals surface area contributed by atoms with Gasteiger partial charge in [0.25, 0.3) is 0 Å². The zero-order chi connectivity index (χ0) is 14.2. The molecule has 0 fully saturated rings. The summed E-state index contributed by atoms with van der Waals surface area (Å²) < 4.78 is 0. The Balaban J connectivity index is 2.60. The lowest BCUT2D eigenvalue weighted by Gasteiger charge is -2.06. The predicted octanol–water partition coefficient (Wildman–Crippen LogP) is 4.12. The number of aromatic nitrogens is 1. The van der Waals surface area contributed by atoms with Crippen LogP contribution in [0.1, 0.15) is 46.9 Å². The Labute approximate surface area is 113 Å². The van der Waals surface area contributed by atoms with Crippen molar-refractivity contribution in [2.45, 2.75) is 33.6 Å². The molecule has 0 radical (unpaired) electrons. The van der Waals surface area contributed by atoms with Crippen molar-refractivity contribution in [1.29, 1.82) is 0 Å². The Hall–Kier alpha value is -2.03. The van der Waals surface area contributed by atoms with Crippen molar-refractivity contribution in [2.24, 2.45) is 0 Å². The van der Waals surface area contributed by atoms with Crippen LogP contribution < -0.4 is 0 Å². The minimum Gasteiger partial charge on any atom is -0.478 e. The van der Waals surface area contributed by atoms with E-state index < -0.39 is 5.97 Å². The van der Waals surface area contributed by atoms with Crippen molar-refractivity contribution in [2.75, 3.05) is 0 Å². The van der Waals surface area contributed by atoms with Gasteiger partial charge in [0.1, 0.15) is 0 Å². The molecule has 0 spiro atoms. The molecule has 0 unspecified atom stereocenters. The van der Waals surface area contributed by atoms with Gasteiger partial charge in [-0.2, -0.15) is 0 Å². The van der Waals surface area contributed by atoms with Gasteiger partial charge in [-0.1, -0.05) is 31.5 Å². The maximum absolute atomic E-state index is 11.3. The second-order valence-electron chi connectivity index (χ2n) is 5.29. The molecule has 3 nitrogen and oxygen atoms in total. The number of carboxylic acids is 1. The second-order valence-corrected chi connectivity index (χ2v) is 5.29. The molecule has 2 rings (SSSR count). The predicted molar refractivity (Wildman–Crippen MR) is 76.8 cm³/mol. The summed E-state index contributed by atoms with van der Waals surface area (Å²) in [6.45, 7) is 8.05. The number of carbonyl (C=O) groups is 1. The average Bonchev–Trinajstić information content (AvgIpc) is 2.77. The molecular formula is C16H19NO2. The molecule has 2 aromatic rings. The smallest absolute Gasteiger partial charge is 0.337 e. The third kappa shape index (κ3) is 2.55. The number of H-pyrrole nitrogens is 1. The fourth-order valence-electron chi connectivity index (χ4n) is 2.27. The third-order valence-electron chi connectivity index (χ3n) is 3.34. The summed E-state index contributed by atoms with van der Waals surface area (Å²) in [6.07, 6.45) is 0. The van der Waals surface area contributed by atoms with Crippen LogP contribution in [0, 0.1) is 13.8 Å². The third-order valence-corrected chi connectivity index (χ3v) is 3.34. The van der Waals surface area contributed by atoms with Crippen molar-refractivity contribution in [3.8, 4) is 11.3 Å². The van der Waals surface area contributed by atoms with Gasteiger partial charge in [0.05, 0.1) is 5.56 Å². The van der Waals surface area contributed by atoms with Crippen LogP contribution >= 0.6 is 0 Å². The van der Waals surface area contributed by atoms with Crippen LogP contribution in [0.4, 0.5) is 0 Å². The minimum absolute atomic E-state index is 0.157. The zero-order valence-electron chi connectivity index (χ0n) is 11.7. The van der Waals surface area contributed by atoms with Crippen LogP contribution in [0.5, 0.6) is 0 Å². The molecule has 19 heavy (non-hydrogen) atoms. The lowest BCUT2D eigenvalue weighted by molar-refractivity contribution is 0.0695. The normalized spacial score (nSPS) is 11.0. The Bertz CT molecular complexity index is 624. The first kappa shape index (κ1) is 13.4. The fraction of sp³-hybridized carbons (Fsp3) is 0.312. The summed E-state index contributed by atoms with van der Waals surface area (Å²) in [7, 11) is 0. The highest BCUT2D eigenvalue weighted by Crippen LogP contribution is 2.29. The molecule has 0 saturated heterocycles. The fourth-order valence-corrected chi connectivity index (χ4v) is 2.27. The average molecular weight is 257 g/mol. The second kappa shape index (κ2) is 4.92. The number of hydrogen-bond acceptors (Lipinski definition) is 1. The van der Waals surface area contributed by atoms with E-state index in [1.54, 1.807) is 6.07 Å². The topological polar surface area (TPSA) is 53.1 Å². The molecule has 1 aromatic carbocycles. The number of benzene rings is 1. The van der Waals surface area contributed by atoms with Gasteiger partial charge in [0.15, 0.2) is 0 Å². The van der Waals surface area contributed by atoms with Crippen LogP contribution in [-0.2, 0) is 0 Å². The highest BCUT2D eigenvalue weighted by Gasteiger charge is 2.18. The molecule has 0 amide bonds. The van der Waals surface area contributed by atoms with Crippen molar-refractivity contribution in [3.63, 3.8) is 0 Å². The maximum atomic E-state index is 11.3. The lowest BCUT2D eigenvalue weighted by atomic mass is 10.0. The van der Waals surface area contributed by atoms with E-state index in [4.69, 9.17) is 0 Å². The van der Waals surface area contributed by atoms with Gasteiger partial charge in [0.2, 0.25) is 0 Å². The molecule has 0 aliphatic carbocycles. The SMILES string of the molecule is Cc1ccc(C)c(-c2cc(C(=O)O)c(C(C)C)[nH]2)c1. The van der Waals surface area contributed by atoms with Crippen molar-refractivity contribution in [3.05, 3.63) is 46.6 Å². The molecule has 100 valence electrons. The largest absolute Gasteiger partial charge is 0.478 e. The van der Waals surface area contributed by atoms with Gasteiger partial charge in [-0.25, -0.2) is 4.79 Å². The van der Waals surface area contributed by atoms with Crippen LogP contribution in [0.2, 0.25) is 0 Å². The molecule has 0 aliphatic rings. The van der Waals surface area contributed by atoms with E-state index in [-0.39, 0.29) is 5.92 Å². The highest BCUT2D eigenvalue weighted by molar-refractivity contribution is 5.91. The number of nitrogens with one attached hydrogen (secondary N) is 1. The maximum Gasteiger partial charge on any atom is 0.337 e. The van der Waals surface area contributed by atoms with Gasteiger partial charge in [-0.15, -0.1) is 0 Å². The Morgan fingerprint density at radius 2 is 1.89 bits per heavy atom. The summed E-state index contributed by atoms with van der Waals surface area (Å²) in [5.41, 5.74) is 5.39. The van der Waals surface area contributed by atoms with Crippen molar-refractivity contribution < 1.29 is 9.90 Å². The summed E-state index contributed by atoms with van der Waals surface area (Å²) in [5, 5.41) is 9.28. The van der Waals surface area contributed by atoms with Crippen molar-refractivity contribution in [1.82, 2.24) is 4.98 Å². The van der Waals surface area contributed by atoms with Crippen LogP contribution in [0.15, 0.2) is 24.3 Å². The monoisotopic (exact) mass is 257 g/mol. The van der Waals surface area contributed by atoms with Gasteiger partial charge in [-0.05, 0) is 37.5 Å². The summed E-state index contributed by atoms with van der Waals surface area (Å²) in [5.74, 6) is -0.721. The lowest BCUT2D eigenvalue weighted by Crippen LogP contribution is -2.01. The van der Waals surface area contributed by atoms with E-state index in [2.05, 4.69) is 23.2 Å². The molecule has 0 bridgehead atoms. The van der Waals surface area contributed by atoms with Gasteiger partial charge in [0, 0.05) is 17.0 Å². The minimum atomic E-state index is -0.878. The molecule has 0 aliphatic heterocycles. The van der Waals surface area contributed by atoms with E-state index in [9.17, 15) is 9.90 Å². The van der Waals surface area contributed by atoms with Gasteiger partial charge >= 0.3 is 5.97 Å². The Morgan fingerprint density at radius 3 is 2.42 bits per heavy atom. The first-order chi connectivity index (χ1) is 8.90. The summed E-state index contributed by atoms with van der Waals surface area (Å²) in [6, 6.07) is 7.93. The van der Waals surface area contributed by atoms with Crippen LogP contribution in [0.25, 0.3) is 11.3 Å². The number of carboxylic acid groups (broad SMARTS) is 1. The van der Waals surface area contributed by atoms with E-state index in [0.717, 1.165) is 28.1 Å². The summed E-state index contributed by atoms with van der Waals surface area (Å²) >= 11 is 0. The zero-order valence-corrected chi connectivity index (χ0v) is 11.7. The first-order valence-electron chi connectivity index (χ1n) is 6.44. The molecule has 1 heterocycles. The molecule has 0 saturated carbocycles. The van der Waals surface area contributed by atoms with Crippen LogP contribution in [0.3, 0.4) is 0 Å². The summed E-state index contributed by atoms with van der Waals surface area (Å²) in [4.78, 5) is 14.6. The van der Waals surface area contributed by atoms with E-state index in [1.165, 1.54) is 0 Å². The molecular weight excluding hydrogens is 238 g/mol. The van der Waals surface area contributed by atoms with E-state index >= 15 is 0 Å². The number of hydrogen-bond donors (Lipinski definition) is 2. The van der Waals surface area contributed by atoms with Gasteiger partial charge in [-0.3, -0.25) is 0 Å². The van der Waals surface area contributed by atoms with Crippen molar-refractivity contribution >= 4 is 5.97 Å². The number of rotatable bonds is 3. The molecule has 2 N–H and O–H groups in total. The highest BCUT2D eigenvalue weighted by atomic mass is 16.4. The number of aromatic carboxylic acids is 1. The molecule has 3 heteroatoms. The van der Waals surface area contributed by atoms with E-state index in [1.807, 2.05) is 27.7 Å². The molecule has 0 atom stereocenters.